The van der Waals surface area contributed by atoms with Crippen LogP contribution in [0.1, 0.15) is 5.56 Å². The fourth-order valence-corrected chi connectivity index (χ4v) is 7.30. The number of aromatic nitrogens is 1. The van der Waals surface area contributed by atoms with Crippen LogP contribution < -0.4 is 5.32 Å². The lowest BCUT2D eigenvalue weighted by Crippen LogP contribution is -2.72. The van der Waals surface area contributed by atoms with Crippen LogP contribution in [0, 0.1) is 0 Å². The van der Waals surface area contributed by atoms with Crippen LogP contribution in [0.2, 0.25) is 0 Å². The minimum atomic E-state index is -1.17. The molecule has 0 saturated carbocycles. The summed E-state index contributed by atoms with van der Waals surface area (Å²) in [4.78, 5) is 42.8. The van der Waals surface area contributed by atoms with Crippen molar-refractivity contribution >= 4 is 60.9 Å². The van der Waals surface area contributed by atoms with Crippen LogP contribution >= 0.6 is 32.9 Å². The monoisotopic (exact) mass is 485 g/mol. The van der Waals surface area contributed by atoms with E-state index in [0.29, 0.717) is 0 Å². The SMILES string of the molecule is C=CC(C(=O)O)N1C(=O)C(NC(=O)Cc2ccccc2)C1SSc1nc2ccccc2s1. The molecule has 2 aromatic carbocycles. The third-order valence-electron chi connectivity index (χ3n) is 4.87. The number of carbonyl (C=O) groups is 3. The summed E-state index contributed by atoms with van der Waals surface area (Å²) < 4.78 is 1.83. The molecule has 2 heterocycles. The van der Waals surface area contributed by atoms with E-state index in [9.17, 15) is 19.5 Å². The second-order valence-electron chi connectivity index (χ2n) is 6.99. The zero-order valence-electron chi connectivity index (χ0n) is 16.7. The Bertz CT molecular complexity index is 1130. The van der Waals surface area contributed by atoms with E-state index in [1.54, 1.807) is 0 Å². The first-order valence-electron chi connectivity index (χ1n) is 9.67. The molecule has 1 saturated heterocycles. The van der Waals surface area contributed by atoms with Gasteiger partial charge in [0.15, 0.2) is 4.34 Å². The number of rotatable bonds is 9. The first-order chi connectivity index (χ1) is 15.5. The number of fused-ring (bicyclic) bond motifs is 1. The van der Waals surface area contributed by atoms with Gasteiger partial charge in [0.25, 0.3) is 0 Å². The molecule has 4 rings (SSSR count). The first-order valence-corrected chi connectivity index (χ1v) is 12.7. The first kappa shape index (κ1) is 22.4. The Hall–Kier alpha value is -2.82. The van der Waals surface area contributed by atoms with Crippen molar-refractivity contribution in [1.29, 1.82) is 0 Å². The third-order valence-corrected chi connectivity index (χ3v) is 8.90. The van der Waals surface area contributed by atoms with Crippen molar-refractivity contribution in [2.75, 3.05) is 0 Å². The fourth-order valence-electron chi connectivity index (χ4n) is 3.33. The number of hydrogen-bond acceptors (Lipinski definition) is 7. The molecule has 7 nitrogen and oxygen atoms in total. The minimum absolute atomic E-state index is 0.136. The highest BCUT2D eigenvalue weighted by molar-refractivity contribution is 8.77. The molecule has 164 valence electrons. The molecule has 1 aliphatic rings. The number of carboxylic acids is 1. The molecular weight excluding hydrogens is 466 g/mol. The Balaban J connectivity index is 1.49. The van der Waals surface area contributed by atoms with Gasteiger partial charge in [0, 0.05) is 0 Å². The van der Waals surface area contributed by atoms with Gasteiger partial charge in [-0.15, -0.1) is 17.9 Å². The molecule has 3 aromatic rings. The Labute approximate surface area is 196 Å². The van der Waals surface area contributed by atoms with Crippen LogP contribution in [0.3, 0.4) is 0 Å². The molecule has 10 heteroatoms. The van der Waals surface area contributed by atoms with Crippen molar-refractivity contribution in [1.82, 2.24) is 15.2 Å². The maximum Gasteiger partial charge on any atom is 0.330 e. The number of benzene rings is 2. The predicted molar refractivity (Wildman–Crippen MR) is 127 cm³/mol. The summed E-state index contributed by atoms with van der Waals surface area (Å²) in [6.07, 6.45) is 1.36. The average molecular weight is 486 g/mol. The van der Waals surface area contributed by atoms with Gasteiger partial charge in [-0.2, -0.15) is 0 Å². The average Bonchev–Trinajstić information content (AvgIpc) is 3.20. The Morgan fingerprint density at radius 3 is 2.62 bits per heavy atom. The molecule has 0 aliphatic carbocycles. The van der Waals surface area contributed by atoms with Gasteiger partial charge in [0.2, 0.25) is 11.8 Å². The smallest absolute Gasteiger partial charge is 0.330 e. The molecule has 1 fully saturated rings. The number of likely N-dealkylation sites (tertiary alicyclic amines) is 1. The molecule has 2 amide bonds. The molecule has 3 atom stereocenters. The second-order valence-corrected chi connectivity index (χ2v) is 10.6. The van der Waals surface area contributed by atoms with Crippen LogP contribution in [0.15, 0.2) is 71.6 Å². The second kappa shape index (κ2) is 9.76. The topological polar surface area (TPSA) is 99.6 Å². The summed E-state index contributed by atoms with van der Waals surface area (Å²) >= 11 is 1.52. The van der Waals surface area contributed by atoms with Crippen molar-refractivity contribution in [3.8, 4) is 0 Å². The molecule has 2 N–H and O–H groups in total. The summed E-state index contributed by atoms with van der Waals surface area (Å²) in [5.41, 5.74) is 1.71. The van der Waals surface area contributed by atoms with Crippen molar-refractivity contribution in [2.24, 2.45) is 0 Å². The maximum atomic E-state index is 12.8. The Kier molecular flexibility index (Phi) is 6.83. The van der Waals surface area contributed by atoms with E-state index in [4.69, 9.17) is 0 Å². The summed E-state index contributed by atoms with van der Waals surface area (Å²) in [6.45, 7) is 3.55. The third kappa shape index (κ3) is 4.67. The van der Waals surface area contributed by atoms with E-state index in [1.807, 2.05) is 54.6 Å². The molecule has 1 aliphatic heterocycles. The van der Waals surface area contributed by atoms with Crippen LogP contribution in [-0.4, -0.2) is 50.2 Å². The zero-order valence-corrected chi connectivity index (χ0v) is 19.2. The van der Waals surface area contributed by atoms with Crippen LogP contribution in [0.4, 0.5) is 0 Å². The molecule has 3 unspecified atom stereocenters. The van der Waals surface area contributed by atoms with E-state index in [0.717, 1.165) is 20.1 Å². The Morgan fingerprint density at radius 1 is 1.22 bits per heavy atom. The van der Waals surface area contributed by atoms with E-state index in [2.05, 4.69) is 16.9 Å². The van der Waals surface area contributed by atoms with Crippen molar-refractivity contribution in [2.45, 2.75) is 28.2 Å². The number of β-lactam (4-membered cyclic amide) rings is 1. The number of hydrogen-bond donors (Lipinski definition) is 2. The summed E-state index contributed by atoms with van der Waals surface area (Å²) in [7, 11) is 2.67. The predicted octanol–water partition coefficient (Wildman–Crippen LogP) is 3.57. The number of nitrogens with one attached hydrogen (secondary N) is 1. The van der Waals surface area contributed by atoms with Crippen molar-refractivity contribution < 1.29 is 19.5 Å². The van der Waals surface area contributed by atoms with Crippen LogP contribution in [0.25, 0.3) is 10.2 Å². The lowest BCUT2D eigenvalue weighted by molar-refractivity contribution is -0.159. The number of carboxylic acid groups (broad SMARTS) is 1. The van der Waals surface area contributed by atoms with Gasteiger partial charge in [-0.1, -0.05) is 59.3 Å². The number of para-hydroxylation sites is 1. The highest BCUT2D eigenvalue weighted by Crippen LogP contribution is 2.44. The largest absolute Gasteiger partial charge is 0.479 e. The fraction of sp³-hybridized carbons (Fsp3) is 0.182. The molecule has 32 heavy (non-hydrogen) atoms. The highest BCUT2D eigenvalue weighted by Gasteiger charge is 2.53. The van der Waals surface area contributed by atoms with Gasteiger partial charge in [-0.25, -0.2) is 9.78 Å². The van der Waals surface area contributed by atoms with E-state index >= 15 is 0 Å². The molecular formula is C22H19N3O4S3. The van der Waals surface area contributed by atoms with E-state index in [-0.39, 0.29) is 12.3 Å². The number of aliphatic carboxylic acids is 1. The van der Waals surface area contributed by atoms with Gasteiger partial charge in [0.05, 0.1) is 16.6 Å². The summed E-state index contributed by atoms with van der Waals surface area (Å²) in [5, 5.41) is 11.7. The van der Waals surface area contributed by atoms with Crippen LogP contribution in [0.5, 0.6) is 0 Å². The zero-order chi connectivity index (χ0) is 22.7. The van der Waals surface area contributed by atoms with Gasteiger partial charge in [-0.05, 0) is 28.5 Å². The number of nitrogens with zero attached hydrogens (tertiary/aromatic N) is 2. The normalized spacial score (nSPS) is 18.8. The lowest BCUT2D eigenvalue weighted by atomic mass is 10.0. The maximum absolute atomic E-state index is 12.8. The van der Waals surface area contributed by atoms with Gasteiger partial charge >= 0.3 is 5.97 Å². The Morgan fingerprint density at radius 2 is 1.94 bits per heavy atom. The van der Waals surface area contributed by atoms with E-state index in [1.165, 1.54) is 43.9 Å². The van der Waals surface area contributed by atoms with E-state index < -0.39 is 29.3 Å². The summed E-state index contributed by atoms with van der Waals surface area (Å²) in [6, 6.07) is 15.0. The molecule has 0 spiro atoms. The number of amides is 2. The summed E-state index contributed by atoms with van der Waals surface area (Å²) in [5.74, 6) is -1.91. The molecule has 0 radical (unpaired) electrons. The standard InChI is InChI=1S/C22H19N3O4S3/c1-2-15(21(28)29)25-19(27)18(24-17(26)12-13-8-4-3-5-9-13)20(25)31-32-22-23-14-10-6-7-11-16(14)30-22/h2-11,15,18,20H,1,12H2,(H,24,26)(H,28,29). The minimum Gasteiger partial charge on any atom is -0.479 e. The highest BCUT2D eigenvalue weighted by atomic mass is 33.1. The van der Waals surface area contributed by atoms with Crippen molar-refractivity contribution in [3.05, 3.63) is 72.8 Å². The van der Waals surface area contributed by atoms with Gasteiger partial charge < -0.3 is 15.3 Å². The number of thiazole rings is 1. The number of carbonyl (C=O) groups excluding carboxylic acids is 2. The van der Waals surface area contributed by atoms with Gasteiger partial charge in [-0.3, -0.25) is 9.59 Å². The van der Waals surface area contributed by atoms with Crippen molar-refractivity contribution in [3.63, 3.8) is 0 Å². The van der Waals surface area contributed by atoms with Gasteiger partial charge in [0.1, 0.15) is 17.5 Å². The molecule has 1 aromatic heterocycles. The quantitative estimate of drug-likeness (QED) is 0.272. The molecule has 0 bridgehead atoms. The van der Waals surface area contributed by atoms with Crippen LogP contribution in [-0.2, 0) is 20.8 Å². The lowest BCUT2D eigenvalue weighted by Gasteiger charge is -2.48.